The first-order valence-electron chi connectivity index (χ1n) is 33.1. The van der Waals surface area contributed by atoms with E-state index in [9.17, 15) is 34.8 Å². The Bertz CT molecular complexity index is 4660. The molecule has 0 saturated heterocycles. The first-order valence-corrected chi connectivity index (χ1v) is 37.9. The zero-order valence-corrected chi connectivity index (χ0v) is 68.4. The van der Waals surface area contributed by atoms with Gasteiger partial charge in [-0.1, -0.05) is 91.3 Å². The zero-order chi connectivity index (χ0) is 80.9. The van der Waals surface area contributed by atoms with Crippen LogP contribution in [0.4, 0.5) is 26.3 Å². The van der Waals surface area contributed by atoms with Crippen molar-refractivity contribution in [2.45, 2.75) is 102 Å². The fourth-order valence-corrected chi connectivity index (χ4v) is 11.0. The van der Waals surface area contributed by atoms with Gasteiger partial charge >= 0.3 is 0 Å². The number of sulfone groups is 1. The molecule has 0 spiro atoms. The van der Waals surface area contributed by atoms with Crippen molar-refractivity contribution >= 4 is 55.4 Å². The SMILES string of the molecule is C.COc1c(F)cc(C)cc1F.COc1cc(C)ccc1F.COc1ccc(C)cc1F.COc1ccc(C)cc1OC.Cc1ccc(C#N)s1.Cc1ccc(C)c(F)c1.Cc1ccc(Cl)s1.Cc1ccc(S(C)(=O)=O)cc1.Cc1ccc2c(c1)OCO2.Cc1cccc(F)c1.Cc1cccs1.Cc1ccncc1. The van der Waals surface area contributed by atoms with Crippen molar-refractivity contribution in [1.82, 2.24) is 4.98 Å². The third-order valence-corrected chi connectivity index (χ3v) is 17.8. The number of nitriles is 1. The van der Waals surface area contributed by atoms with Gasteiger partial charge in [0.1, 0.15) is 22.6 Å². The fraction of sp³-hybridized carbons (Fsp3) is 0.241. The number of nitrogens with zero attached hydrogens (tertiary/aromatic N) is 2. The Kier molecular flexibility index (Phi) is 47.0. The average molecular weight is 1590 g/mol. The molecule has 0 bridgehead atoms. The summed E-state index contributed by atoms with van der Waals surface area (Å²) in [4.78, 5) is 8.87. The van der Waals surface area contributed by atoms with Crippen LogP contribution >= 0.6 is 45.6 Å². The molecule has 1 aliphatic rings. The molecule has 12 aromatic rings. The van der Waals surface area contributed by atoms with Gasteiger partial charge in [-0.05, 0) is 279 Å². The van der Waals surface area contributed by atoms with Gasteiger partial charge in [-0.2, -0.15) is 5.26 Å². The molecule has 0 radical (unpaired) electrons. The van der Waals surface area contributed by atoms with E-state index < -0.39 is 21.5 Å². The van der Waals surface area contributed by atoms with E-state index in [1.165, 1.54) is 113 Å². The predicted molar refractivity (Wildman–Crippen MR) is 439 cm³/mol. The Labute approximate surface area is 658 Å². The van der Waals surface area contributed by atoms with Gasteiger partial charge in [-0.15, -0.1) is 34.0 Å². The van der Waals surface area contributed by atoms with Crippen molar-refractivity contribution in [3.05, 3.63) is 332 Å². The lowest BCUT2D eigenvalue weighted by atomic mass is 10.2. The van der Waals surface area contributed by atoms with Gasteiger partial charge < -0.3 is 33.2 Å². The van der Waals surface area contributed by atoms with E-state index in [4.69, 9.17) is 45.3 Å². The van der Waals surface area contributed by atoms with Crippen LogP contribution in [0.2, 0.25) is 4.34 Å². The Morgan fingerprint density at radius 2 is 0.899 bits per heavy atom. The number of benzene rings is 8. The van der Waals surface area contributed by atoms with Crippen LogP contribution in [0.1, 0.15) is 82.6 Å². The largest absolute Gasteiger partial charge is 0.494 e. The Balaban J connectivity index is 0.000000596. The molecule has 1 aliphatic heterocycles. The quantitative estimate of drug-likeness (QED) is 0.147. The lowest BCUT2D eigenvalue weighted by Crippen LogP contribution is -1.95. The molecule has 0 fully saturated rings. The van der Waals surface area contributed by atoms with E-state index in [2.05, 4.69) is 40.2 Å². The van der Waals surface area contributed by atoms with E-state index in [-0.39, 0.29) is 36.4 Å². The number of aryl methyl sites for hydroxylation is 13. The molecule has 0 aliphatic carbocycles. The van der Waals surface area contributed by atoms with Crippen LogP contribution in [0.25, 0.3) is 0 Å². The van der Waals surface area contributed by atoms with Crippen molar-refractivity contribution in [2.24, 2.45) is 0 Å². The summed E-state index contributed by atoms with van der Waals surface area (Å²) in [6.45, 7) is 25.3. The third-order valence-electron chi connectivity index (χ3n) is 13.9. The number of rotatable bonds is 6. The van der Waals surface area contributed by atoms with Gasteiger partial charge in [0, 0.05) is 33.3 Å². The van der Waals surface area contributed by atoms with E-state index in [1.807, 2.05) is 160 Å². The molecule has 0 atom stereocenters. The minimum atomic E-state index is -3.02. The van der Waals surface area contributed by atoms with Crippen LogP contribution in [0.3, 0.4) is 0 Å². The number of halogens is 7. The summed E-state index contributed by atoms with van der Waals surface area (Å²) in [6.07, 6.45) is 4.78. The van der Waals surface area contributed by atoms with Crippen LogP contribution < -0.4 is 33.2 Å². The molecule has 5 heterocycles. The highest BCUT2D eigenvalue weighted by Gasteiger charge is 2.12. The van der Waals surface area contributed by atoms with E-state index in [0.29, 0.717) is 34.3 Å². The number of thiophene rings is 3. The molecule has 0 saturated carbocycles. The number of fused-ring (bicyclic) bond motifs is 1. The van der Waals surface area contributed by atoms with E-state index in [0.717, 1.165) is 60.0 Å². The number of hydrogen-bond donors (Lipinski definition) is 0. The molecule has 4 aromatic heterocycles. The second-order valence-electron chi connectivity index (χ2n) is 23.5. The summed E-state index contributed by atoms with van der Waals surface area (Å²) >= 11 is 10.5. The van der Waals surface area contributed by atoms with Gasteiger partial charge in [-0.3, -0.25) is 4.98 Å². The Morgan fingerprint density at radius 3 is 1.29 bits per heavy atom. The maximum Gasteiger partial charge on any atom is 0.231 e. The van der Waals surface area contributed by atoms with Gasteiger partial charge in [0.05, 0.1) is 44.8 Å². The number of aromatic nitrogens is 1. The monoisotopic (exact) mass is 1590 g/mol. The number of ether oxygens (including phenoxy) is 7. The first-order chi connectivity index (χ1) is 51.1. The van der Waals surface area contributed by atoms with Crippen molar-refractivity contribution in [3.8, 4) is 46.3 Å². The number of pyridine rings is 1. The minimum Gasteiger partial charge on any atom is -0.494 e. The maximum atomic E-state index is 12.7. The molecular weight excluding hydrogens is 1490 g/mol. The molecule has 22 heteroatoms. The molecular formula is C87H99ClF6N2O9S4. The second kappa shape index (κ2) is 52.9. The third kappa shape index (κ3) is 41.2. The zero-order valence-electron chi connectivity index (χ0n) is 64.3. The van der Waals surface area contributed by atoms with Gasteiger partial charge in [0.2, 0.25) is 6.79 Å². The first kappa shape index (κ1) is 96.9. The van der Waals surface area contributed by atoms with Crippen molar-refractivity contribution in [1.29, 1.82) is 5.26 Å². The molecule has 0 unspecified atom stereocenters. The normalized spacial score (nSPS) is 9.84. The summed E-state index contributed by atoms with van der Waals surface area (Å²) in [5, 5.41) is 10.4. The molecule has 8 aromatic carbocycles. The van der Waals surface area contributed by atoms with Crippen LogP contribution in [0, 0.1) is 136 Å². The van der Waals surface area contributed by atoms with Crippen LogP contribution in [0.5, 0.6) is 40.2 Å². The molecule has 11 nitrogen and oxygen atoms in total. The number of methoxy groups -OCH3 is 5. The van der Waals surface area contributed by atoms with Gasteiger partial charge in [-0.25, -0.2) is 34.8 Å². The summed E-state index contributed by atoms with van der Waals surface area (Å²) in [6, 6.07) is 60.2. The smallest absolute Gasteiger partial charge is 0.231 e. The Hall–Kier alpha value is -10.1. The summed E-state index contributed by atoms with van der Waals surface area (Å²) in [5.41, 5.74) is 9.78. The highest BCUT2D eigenvalue weighted by Crippen LogP contribution is 2.32. The van der Waals surface area contributed by atoms with E-state index >= 15 is 0 Å². The van der Waals surface area contributed by atoms with Crippen LogP contribution in [-0.2, 0) is 9.84 Å². The predicted octanol–water partition coefficient (Wildman–Crippen LogP) is 25.0. The van der Waals surface area contributed by atoms with Crippen molar-refractivity contribution in [2.75, 3.05) is 48.6 Å². The lowest BCUT2D eigenvalue weighted by Gasteiger charge is -2.06. The molecule has 0 amide bonds. The van der Waals surface area contributed by atoms with Crippen LogP contribution in [0.15, 0.2) is 223 Å². The van der Waals surface area contributed by atoms with Gasteiger partial charge in [0.15, 0.2) is 73.4 Å². The highest BCUT2D eigenvalue weighted by atomic mass is 35.5. The summed E-state index contributed by atoms with van der Waals surface area (Å²) < 4.78 is 133. The van der Waals surface area contributed by atoms with Crippen LogP contribution in [-0.4, -0.2) is 62.0 Å². The fourth-order valence-electron chi connectivity index (χ4n) is 8.14. The van der Waals surface area contributed by atoms with E-state index in [1.54, 1.807) is 118 Å². The molecule has 13 rings (SSSR count). The number of hydrogen-bond acceptors (Lipinski definition) is 14. The molecule has 0 N–H and O–H groups in total. The van der Waals surface area contributed by atoms with Crippen molar-refractivity contribution in [3.63, 3.8) is 0 Å². The summed E-state index contributed by atoms with van der Waals surface area (Å²) in [5.74, 6) is 1.34. The van der Waals surface area contributed by atoms with Gasteiger partial charge in [0.25, 0.3) is 0 Å². The molecule has 584 valence electrons. The second-order valence-corrected chi connectivity index (χ2v) is 29.9. The standard InChI is InChI=1S/C9H12O2.C8H8F2O.2C8H9FO.C8H9F.C8H10O2S.C8H8O2.C7H7F.C6H5NS.C6H7N.C5H5ClS.C5H6S.CH4/c1-7-4-5-8(10-2)9(6-7)11-3;1-5-3-6(9)8(11-2)7(10)4-5;1-6-3-4-8(10-2)7(9)5-6;1-6-3-4-7(9)8(5-6)10-2;1-6-3-4-7(2)8(9)5-6;1-7-3-5-8(6-4-7)11(2,9)10;1-6-2-3-7-8(4-6)10-5-9-7;1-6-3-2-4-7(8)5-6;1-5-2-3-6(4-7)8-5;1-6-2-4-7-5-3-6;1-4-2-3-5(6)7-4;1-5-3-2-4-6-5;/h4-6H,1-3H3;3-4H,1-2H3;2*3-5H,1-2H3;3-5H,1-2H3;3-6H,1-2H3;2-4H,5H2,1H3;2-5H,1H3;2-3H,1H3;2-5H,1H3;2-3H,1H3;2-4H,1H3;1H4. The topological polar surface area (TPSA) is 135 Å². The Morgan fingerprint density at radius 1 is 0.422 bits per heavy atom. The maximum absolute atomic E-state index is 12.7. The van der Waals surface area contributed by atoms with Crippen molar-refractivity contribution < 1.29 is 67.9 Å². The average Bonchev–Trinajstić information content (AvgIpc) is 1.64. The molecule has 109 heavy (non-hydrogen) atoms. The lowest BCUT2D eigenvalue weighted by molar-refractivity contribution is 0.174. The minimum absolute atomic E-state index is 0. The highest BCUT2D eigenvalue weighted by molar-refractivity contribution is 7.90. The summed E-state index contributed by atoms with van der Waals surface area (Å²) in [7, 11) is 4.39.